The van der Waals surface area contributed by atoms with Crippen LogP contribution in [0.15, 0.2) is 48.5 Å². The quantitative estimate of drug-likeness (QED) is 0.330. The maximum Gasteiger partial charge on any atom is 0.325 e. The Kier molecular flexibility index (Phi) is 5.92. The lowest BCUT2D eigenvalue weighted by Gasteiger charge is -2.30. The van der Waals surface area contributed by atoms with Crippen molar-refractivity contribution < 1.29 is 9.59 Å². The van der Waals surface area contributed by atoms with Crippen molar-refractivity contribution in [3.63, 3.8) is 0 Å². The third-order valence-electron chi connectivity index (χ3n) is 6.94. The molecule has 1 aliphatic carbocycles. The van der Waals surface area contributed by atoms with Gasteiger partial charge >= 0.3 is 6.03 Å². The number of imide groups is 1. The molecule has 1 aliphatic heterocycles. The molecule has 6 nitrogen and oxygen atoms in total. The van der Waals surface area contributed by atoms with E-state index in [0.29, 0.717) is 5.82 Å². The summed E-state index contributed by atoms with van der Waals surface area (Å²) < 4.78 is 1.10. The zero-order valence-electron chi connectivity index (χ0n) is 18.1. The molecule has 2 fully saturated rings. The lowest BCUT2D eigenvalue weighted by molar-refractivity contribution is -0.131. The van der Waals surface area contributed by atoms with Gasteiger partial charge in [-0.1, -0.05) is 56.5 Å². The summed E-state index contributed by atoms with van der Waals surface area (Å²) in [6, 6.07) is 14.8. The normalized spacial score (nSPS) is 21.7. The Bertz CT molecular complexity index is 1140. The van der Waals surface area contributed by atoms with E-state index in [1.54, 1.807) is 0 Å². The molecular weight excluding hydrogens is 515 g/mol. The van der Waals surface area contributed by atoms with E-state index in [9.17, 15) is 9.59 Å². The smallest absolute Gasteiger partial charge is 0.325 e. The van der Waals surface area contributed by atoms with Gasteiger partial charge in [0, 0.05) is 9.49 Å². The number of aromatic nitrogens is 2. The molecule has 2 unspecified atom stereocenters. The number of nitrogens with zero attached hydrogens (tertiary/aromatic N) is 2. The molecule has 7 heteroatoms. The van der Waals surface area contributed by atoms with Gasteiger partial charge < -0.3 is 10.3 Å². The van der Waals surface area contributed by atoms with Crippen LogP contribution < -0.4 is 5.32 Å². The van der Waals surface area contributed by atoms with Crippen LogP contribution in [-0.2, 0) is 4.79 Å². The van der Waals surface area contributed by atoms with Crippen LogP contribution in [0, 0.1) is 9.49 Å². The maximum absolute atomic E-state index is 13.6. The van der Waals surface area contributed by atoms with Gasteiger partial charge in [0.25, 0.3) is 5.91 Å². The molecule has 3 atom stereocenters. The summed E-state index contributed by atoms with van der Waals surface area (Å²) in [6.07, 6.45) is 5.44. The number of carbonyl (C=O) groups excluding carboxylic acids is 2. The summed E-state index contributed by atoms with van der Waals surface area (Å²) in [5.74, 6) is 0.627. The number of fused-ring (bicyclic) bond motifs is 1. The van der Waals surface area contributed by atoms with Gasteiger partial charge in [-0.05, 0) is 65.1 Å². The van der Waals surface area contributed by atoms with Crippen molar-refractivity contribution in [3.05, 3.63) is 63.5 Å². The number of nitrogens with one attached hydrogen (secondary N) is 2. The highest BCUT2D eigenvalue weighted by molar-refractivity contribution is 14.1. The zero-order valence-corrected chi connectivity index (χ0v) is 20.2. The molecule has 1 aromatic heterocycles. The van der Waals surface area contributed by atoms with E-state index >= 15 is 0 Å². The number of aromatic amines is 1. The number of benzene rings is 2. The predicted octanol–water partition coefficient (Wildman–Crippen LogP) is 5.51. The molecule has 166 valence electrons. The van der Waals surface area contributed by atoms with Crippen LogP contribution in [0.3, 0.4) is 0 Å². The van der Waals surface area contributed by atoms with Crippen molar-refractivity contribution >= 4 is 45.6 Å². The van der Waals surface area contributed by atoms with Crippen molar-refractivity contribution in [1.82, 2.24) is 20.2 Å². The molecule has 0 spiro atoms. The first-order chi connectivity index (χ1) is 15.5. The Morgan fingerprint density at radius 3 is 2.56 bits per heavy atom. The topological polar surface area (TPSA) is 78.1 Å². The Morgan fingerprint density at radius 2 is 1.81 bits per heavy atom. The van der Waals surface area contributed by atoms with Crippen LogP contribution in [0.2, 0.25) is 0 Å². The minimum atomic E-state index is -0.511. The highest BCUT2D eigenvalue weighted by atomic mass is 127. The molecule has 32 heavy (non-hydrogen) atoms. The Hall–Kier alpha value is -2.42. The Labute approximate surface area is 201 Å². The van der Waals surface area contributed by atoms with Gasteiger partial charge in [-0.3, -0.25) is 9.69 Å². The van der Waals surface area contributed by atoms with E-state index in [-0.39, 0.29) is 23.8 Å². The molecule has 0 radical (unpaired) electrons. The van der Waals surface area contributed by atoms with E-state index < -0.39 is 12.1 Å². The maximum atomic E-state index is 13.6. The van der Waals surface area contributed by atoms with Gasteiger partial charge in [-0.15, -0.1) is 0 Å². The van der Waals surface area contributed by atoms with E-state index in [1.165, 1.54) is 11.3 Å². The molecule has 3 aromatic rings. The Morgan fingerprint density at radius 1 is 1.06 bits per heavy atom. The molecule has 5 rings (SSSR count). The zero-order chi connectivity index (χ0) is 22.2. The van der Waals surface area contributed by atoms with Gasteiger partial charge in [0.1, 0.15) is 17.9 Å². The van der Waals surface area contributed by atoms with Crippen LogP contribution in [0.1, 0.15) is 62.4 Å². The third-order valence-corrected chi connectivity index (χ3v) is 7.61. The van der Waals surface area contributed by atoms with Gasteiger partial charge in [-0.25, -0.2) is 9.78 Å². The second-order valence-electron chi connectivity index (χ2n) is 8.96. The molecule has 2 aliphatic rings. The van der Waals surface area contributed by atoms with Gasteiger partial charge in [0.2, 0.25) is 0 Å². The summed E-state index contributed by atoms with van der Waals surface area (Å²) in [4.78, 5) is 36.5. The number of hydrogen-bond donors (Lipinski definition) is 2. The number of halogens is 1. The summed E-state index contributed by atoms with van der Waals surface area (Å²) >= 11 is 2.27. The third kappa shape index (κ3) is 3.91. The number of rotatable bonds is 5. The lowest BCUT2D eigenvalue weighted by atomic mass is 9.83. The van der Waals surface area contributed by atoms with E-state index in [1.807, 2.05) is 48.5 Å². The fourth-order valence-electron chi connectivity index (χ4n) is 5.23. The van der Waals surface area contributed by atoms with Crippen molar-refractivity contribution in [3.8, 4) is 0 Å². The monoisotopic (exact) mass is 542 g/mol. The highest BCUT2D eigenvalue weighted by Crippen LogP contribution is 2.39. The summed E-state index contributed by atoms with van der Waals surface area (Å²) in [7, 11) is 0. The fourth-order valence-corrected chi connectivity index (χ4v) is 5.72. The average Bonchev–Trinajstić information content (AvgIpc) is 3.36. The number of urea groups is 1. The summed E-state index contributed by atoms with van der Waals surface area (Å²) in [6.45, 7) is 2.06. The molecule has 3 amide bonds. The average molecular weight is 542 g/mol. The predicted molar refractivity (Wildman–Crippen MR) is 132 cm³/mol. The molecule has 2 N–H and O–H groups in total. The number of carbonyl (C=O) groups is 2. The second-order valence-corrected chi connectivity index (χ2v) is 10.2. The second kappa shape index (κ2) is 8.84. The first-order valence-corrected chi connectivity index (χ1v) is 12.4. The number of H-pyrrole nitrogens is 1. The van der Waals surface area contributed by atoms with Crippen molar-refractivity contribution in [2.75, 3.05) is 0 Å². The first kappa shape index (κ1) is 21.4. The van der Waals surface area contributed by atoms with E-state index in [2.05, 4.69) is 39.8 Å². The standard InChI is InChI=1S/C25H27IN4O2/c1-15(16-8-4-2-5-9-16)22(23-27-19-13-12-18(26)14-20(19)28-23)30-24(31)21(29-25(30)32)17-10-6-3-7-11-17/h2,4-5,8-9,12-15,17,21-22H,3,6-7,10-11H2,1H3,(H,27,28)(H,29,32)/t15?,21-,22?/m1/s1. The van der Waals surface area contributed by atoms with Crippen LogP contribution in [-0.4, -0.2) is 32.8 Å². The largest absolute Gasteiger partial charge is 0.340 e. The molecule has 1 saturated heterocycles. The molecule has 0 bridgehead atoms. The minimum absolute atomic E-state index is 0.115. The van der Waals surface area contributed by atoms with E-state index in [0.717, 1.165) is 45.9 Å². The summed E-state index contributed by atoms with van der Waals surface area (Å²) in [5, 5.41) is 3.02. The van der Waals surface area contributed by atoms with Gasteiger partial charge in [-0.2, -0.15) is 0 Å². The number of amides is 3. The van der Waals surface area contributed by atoms with E-state index in [4.69, 9.17) is 4.98 Å². The molecule has 1 saturated carbocycles. The van der Waals surface area contributed by atoms with Crippen molar-refractivity contribution in [1.29, 1.82) is 0 Å². The fraction of sp³-hybridized carbons (Fsp3) is 0.400. The van der Waals surface area contributed by atoms with Gasteiger partial charge in [0.05, 0.1) is 11.0 Å². The minimum Gasteiger partial charge on any atom is -0.340 e. The van der Waals surface area contributed by atoms with Crippen LogP contribution >= 0.6 is 22.6 Å². The molecule has 2 aromatic carbocycles. The number of imidazole rings is 1. The van der Waals surface area contributed by atoms with Crippen LogP contribution in [0.4, 0.5) is 4.79 Å². The Balaban J connectivity index is 1.56. The summed E-state index contributed by atoms with van der Waals surface area (Å²) in [5.41, 5.74) is 2.81. The molecule has 2 heterocycles. The van der Waals surface area contributed by atoms with Crippen molar-refractivity contribution in [2.24, 2.45) is 5.92 Å². The lowest BCUT2D eigenvalue weighted by Crippen LogP contribution is -2.40. The number of hydrogen-bond acceptors (Lipinski definition) is 3. The SMILES string of the molecule is CC(c1ccccc1)C(c1nc2ccc(I)cc2[nH]1)N1C(=O)N[C@H](C2CCCCC2)C1=O. The molecular formula is C25H27IN4O2. The van der Waals surface area contributed by atoms with Crippen molar-refractivity contribution in [2.45, 2.75) is 57.0 Å². The van der Waals surface area contributed by atoms with Gasteiger partial charge in [0.15, 0.2) is 0 Å². The highest BCUT2D eigenvalue weighted by Gasteiger charge is 2.48. The van der Waals surface area contributed by atoms with Crippen LogP contribution in [0.25, 0.3) is 11.0 Å². The van der Waals surface area contributed by atoms with Crippen LogP contribution in [0.5, 0.6) is 0 Å². The first-order valence-electron chi connectivity index (χ1n) is 11.4.